The Morgan fingerprint density at radius 1 is 0.417 bits per heavy atom. The Morgan fingerprint density at radius 3 is 0.979 bits per heavy atom. The smallest absolute Gasteiger partial charge is 0.163 e. The Morgan fingerprint density at radius 2 is 0.875 bits per heavy atom. The first-order valence-corrected chi connectivity index (χ1v) is 18.8. The fourth-order valence-corrected chi connectivity index (χ4v) is 4.60. The van der Waals surface area contributed by atoms with E-state index in [1.165, 1.54) is 113 Å². The summed E-state index contributed by atoms with van der Waals surface area (Å²) in [6.45, 7) is 3.57. The fraction of sp³-hybridized carbons (Fsp3) is 0.400. The van der Waals surface area contributed by atoms with E-state index < -0.39 is 0 Å². The van der Waals surface area contributed by atoms with Gasteiger partial charge in [0.2, 0.25) is 0 Å². The second kappa shape index (κ2) is 40.0. The van der Waals surface area contributed by atoms with Crippen molar-refractivity contribution in [3.05, 3.63) is 146 Å². The summed E-state index contributed by atoms with van der Waals surface area (Å²) in [6, 6.07) is 24.0. The molecule has 6 aliphatic rings. The highest BCUT2D eigenvalue weighted by Gasteiger charge is 1.96. The first-order chi connectivity index (χ1) is 24.0. The maximum absolute atomic E-state index is 3.28. The molecule has 2 saturated heterocycles. The van der Waals surface area contributed by atoms with Gasteiger partial charge in [-0.05, 0) is 83.6 Å². The summed E-state index contributed by atoms with van der Waals surface area (Å²) in [6.07, 6.45) is 40.1. The molecule has 4 nitrogen and oxygen atoms in total. The molecule has 0 aromatic heterocycles. The standard InChI is InChI=1S/2C6H8.2C6H6.2C4H10BN.2C4H8BN/c4*1-2-4-6-5-3-1;4*1-2-5-4-6-3-1/h2*1-4H,5-6H2;2*1-6H;2*5-6H,1-4H2;1,3,5-6H,2,4H2;1-2,5-6H,3-4H2. The van der Waals surface area contributed by atoms with Crippen LogP contribution in [0.2, 0.25) is 19.0 Å². The van der Waals surface area contributed by atoms with Crippen LogP contribution in [0.1, 0.15) is 38.5 Å². The van der Waals surface area contributed by atoms with Crippen LogP contribution in [0.25, 0.3) is 0 Å². The summed E-state index contributed by atoms with van der Waals surface area (Å²) in [7, 11) is 5.29. The highest BCUT2D eigenvalue weighted by atomic mass is 14.8. The quantitative estimate of drug-likeness (QED) is 0.260. The maximum atomic E-state index is 3.28. The molecule has 0 radical (unpaired) electrons. The Balaban J connectivity index is 0.000000274. The molecule has 0 atom stereocenters. The van der Waals surface area contributed by atoms with Crippen LogP contribution in [0.5, 0.6) is 0 Å². The fourth-order valence-electron chi connectivity index (χ4n) is 4.60. The van der Waals surface area contributed by atoms with E-state index in [1.807, 2.05) is 79.0 Å². The molecule has 0 unspecified atom stereocenters. The predicted octanol–water partition coefficient (Wildman–Crippen LogP) is 6.16. The third-order valence-electron chi connectivity index (χ3n) is 7.36. The van der Waals surface area contributed by atoms with Gasteiger partial charge in [-0.25, -0.2) is 0 Å². The van der Waals surface area contributed by atoms with Crippen molar-refractivity contribution >= 4 is 29.1 Å². The van der Waals surface area contributed by atoms with Crippen molar-refractivity contribution in [3.8, 4) is 0 Å². The van der Waals surface area contributed by atoms with Crippen LogP contribution < -0.4 is 21.3 Å². The minimum absolute atomic E-state index is 1.07. The minimum atomic E-state index is 1.07. The molecule has 2 aromatic rings. The number of hydrogen-bond donors (Lipinski definition) is 4. The topological polar surface area (TPSA) is 48.1 Å². The third-order valence-corrected chi connectivity index (χ3v) is 7.36. The van der Waals surface area contributed by atoms with Crippen LogP contribution in [0.3, 0.4) is 0 Å². The van der Waals surface area contributed by atoms with E-state index in [9.17, 15) is 0 Å². The van der Waals surface area contributed by atoms with Crippen LogP contribution in [-0.2, 0) is 0 Å². The van der Waals surface area contributed by atoms with Crippen molar-refractivity contribution < 1.29 is 0 Å². The van der Waals surface area contributed by atoms with Crippen LogP contribution in [0.15, 0.2) is 146 Å². The SMILES string of the molecule is B1C=CCNC1.B1CC=CNC1.B1CCCNC1.B1CCCNC1.C1=CCCC=C1.C1=CCCC=C1.c1ccccc1.c1ccccc1. The maximum Gasteiger partial charge on any atom is 0.163 e. The molecule has 2 aromatic carbocycles. The van der Waals surface area contributed by atoms with Crippen LogP contribution in [-0.4, -0.2) is 74.5 Å². The number of hydrogen-bond acceptors (Lipinski definition) is 4. The van der Waals surface area contributed by atoms with E-state index >= 15 is 0 Å². The molecule has 0 bridgehead atoms. The van der Waals surface area contributed by atoms with Gasteiger partial charge in [0.25, 0.3) is 0 Å². The molecule has 2 fully saturated rings. The molecule has 4 heterocycles. The van der Waals surface area contributed by atoms with Gasteiger partial charge in [-0.15, -0.1) is 5.98 Å². The number of benzene rings is 2. The zero-order valence-electron chi connectivity index (χ0n) is 30.0. The first-order valence-electron chi connectivity index (χ1n) is 18.8. The minimum Gasteiger partial charge on any atom is -0.399 e. The molecule has 4 N–H and O–H groups in total. The van der Waals surface area contributed by atoms with Gasteiger partial charge in [-0.1, -0.05) is 153 Å². The molecule has 48 heavy (non-hydrogen) atoms. The number of nitrogens with one attached hydrogen (secondary N) is 4. The van der Waals surface area contributed by atoms with Gasteiger partial charge in [0.05, 0.1) is 0 Å². The Hall–Kier alpha value is -3.18. The van der Waals surface area contributed by atoms with Crippen molar-refractivity contribution in [2.45, 2.75) is 57.5 Å². The van der Waals surface area contributed by atoms with E-state index in [0.717, 1.165) is 19.4 Å². The summed E-state index contributed by atoms with van der Waals surface area (Å²) in [5.74, 6) is 2.20. The lowest BCUT2D eigenvalue weighted by Crippen LogP contribution is -2.26. The van der Waals surface area contributed by atoms with Gasteiger partial charge >= 0.3 is 0 Å². The molecule has 0 amide bonds. The highest BCUT2D eigenvalue weighted by Crippen LogP contribution is 1.99. The summed E-state index contributed by atoms with van der Waals surface area (Å²) in [4.78, 5) is 0. The van der Waals surface area contributed by atoms with Gasteiger partial charge < -0.3 is 21.3 Å². The monoisotopic (exact) mass is 645 g/mol. The molecular weight excluding hydrogens is 580 g/mol. The zero-order chi connectivity index (χ0) is 33.9. The predicted molar refractivity (Wildman–Crippen MR) is 225 cm³/mol. The Labute approximate surface area is 298 Å². The van der Waals surface area contributed by atoms with E-state index in [1.54, 1.807) is 0 Å². The third kappa shape index (κ3) is 37.3. The zero-order valence-corrected chi connectivity index (χ0v) is 30.0. The van der Waals surface area contributed by atoms with Gasteiger partial charge in [0, 0.05) is 6.54 Å². The van der Waals surface area contributed by atoms with Gasteiger partial charge in [-0.3, -0.25) is 0 Å². The van der Waals surface area contributed by atoms with Crippen molar-refractivity contribution in [1.82, 2.24) is 21.3 Å². The number of rotatable bonds is 0. The van der Waals surface area contributed by atoms with Crippen molar-refractivity contribution in [2.75, 3.05) is 45.4 Å². The summed E-state index contributed by atoms with van der Waals surface area (Å²) >= 11 is 0. The second-order valence-electron chi connectivity index (χ2n) is 11.8. The van der Waals surface area contributed by atoms with Crippen molar-refractivity contribution in [1.29, 1.82) is 0 Å². The average Bonchev–Trinajstić information content (AvgIpc) is 3.25. The van der Waals surface area contributed by atoms with Crippen LogP contribution in [0.4, 0.5) is 0 Å². The molecule has 4 aliphatic heterocycles. The van der Waals surface area contributed by atoms with Gasteiger partial charge in [-0.2, -0.15) is 0 Å². The molecule has 8 rings (SSSR count). The van der Waals surface area contributed by atoms with Crippen molar-refractivity contribution in [3.63, 3.8) is 0 Å². The Kier molecular flexibility index (Phi) is 35.7. The summed E-state index contributed by atoms with van der Waals surface area (Å²) in [5, 5.41) is 12.9. The van der Waals surface area contributed by atoms with Gasteiger partial charge in [0.15, 0.2) is 7.28 Å². The van der Waals surface area contributed by atoms with E-state index in [0.29, 0.717) is 0 Å². The van der Waals surface area contributed by atoms with E-state index in [4.69, 9.17) is 0 Å². The lowest BCUT2D eigenvalue weighted by Gasteiger charge is -2.07. The number of allylic oxidation sites excluding steroid dienone is 9. The molecule has 0 saturated carbocycles. The Bertz CT molecular complexity index is 849. The van der Waals surface area contributed by atoms with Crippen LogP contribution >= 0.6 is 0 Å². The summed E-state index contributed by atoms with van der Waals surface area (Å²) in [5.41, 5.74) is 0. The van der Waals surface area contributed by atoms with Crippen molar-refractivity contribution in [2.24, 2.45) is 0 Å². The molecule has 8 heteroatoms. The van der Waals surface area contributed by atoms with Gasteiger partial charge in [0.1, 0.15) is 21.8 Å². The molecular formula is C40H64B4N4. The highest BCUT2D eigenvalue weighted by molar-refractivity contribution is 6.42. The summed E-state index contributed by atoms with van der Waals surface area (Å²) < 4.78 is 0. The lowest BCUT2D eigenvalue weighted by molar-refractivity contribution is 0.715. The molecule has 256 valence electrons. The van der Waals surface area contributed by atoms with Crippen LogP contribution in [0, 0.1) is 0 Å². The molecule has 2 aliphatic carbocycles. The van der Waals surface area contributed by atoms with E-state index in [-0.39, 0.29) is 0 Å². The lowest BCUT2D eigenvalue weighted by atomic mass is 9.71. The second-order valence-corrected chi connectivity index (χ2v) is 11.8. The first kappa shape index (κ1) is 42.8. The largest absolute Gasteiger partial charge is 0.399 e. The van der Waals surface area contributed by atoms with E-state index in [2.05, 4.69) is 88.0 Å². The average molecular weight is 644 g/mol. The molecule has 0 spiro atoms. The normalized spacial score (nSPS) is 17.2.